The second kappa shape index (κ2) is 9.68. The van der Waals surface area contributed by atoms with Gasteiger partial charge in [0.2, 0.25) is 25.4 Å². The van der Waals surface area contributed by atoms with Crippen molar-refractivity contribution in [2.75, 3.05) is 26.7 Å². The smallest absolute Gasteiger partial charge is 0.244 e. The molecule has 0 unspecified atom stereocenters. The normalized spacial score (nSPS) is 14.1. The molecule has 8 nitrogen and oxygen atoms in total. The van der Waals surface area contributed by atoms with Crippen LogP contribution in [0.1, 0.15) is 25.0 Å². The van der Waals surface area contributed by atoms with E-state index < -0.39 is 0 Å². The van der Waals surface area contributed by atoms with E-state index in [4.69, 9.17) is 18.9 Å². The molecule has 0 spiro atoms. The molecule has 4 rings (SSSR count). The molecule has 33 heavy (non-hydrogen) atoms. The first kappa shape index (κ1) is 22.3. The Balaban J connectivity index is 1.20. The number of carbonyl (C=O) groups is 2. The van der Waals surface area contributed by atoms with E-state index in [9.17, 15) is 9.59 Å². The maximum absolute atomic E-state index is 12.2. The average Bonchev–Trinajstić information content (AvgIpc) is 3.47. The summed E-state index contributed by atoms with van der Waals surface area (Å²) in [6, 6.07) is 11.0. The molecule has 2 amide bonds. The summed E-state index contributed by atoms with van der Waals surface area (Å²) in [4.78, 5) is 24.4. The van der Waals surface area contributed by atoms with Gasteiger partial charge in [-0.2, -0.15) is 0 Å². The first-order chi connectivity index (χ1) is 15.9. The molecule has 0 saturated heterocycles. The fraction of sp³-hybridized carbons (Fsp3) is 0.280. The first-order valence-electron chi connectivity index (χ1n) is 10.6. The van der Waals surface area contributed by atoms with E-state index in [0.717, 1.165) is 11.1 Å². The number of fused-ring (bicyclic) bond motifs is 2. The van der Waals surface area contributed by atoms with Crippen molar-refractivity contribution in [1.82, 2.24) is 10.6 Å². The van der Waals surface area contributed by atoms with Gasteiger partial charge in [-0.15, -0.1) is 0 Å². The minimum atomic E-state index is -0.329. The molecule has 2 heterocycles. The van der Waals surface area contributed by atoms with E-state index in [0.29, 0.717) is 36.1 Å². The lowest BCUT2D eigenvalue weighted by Gasteiger charge is -2.24. The predicted octanol–water partition coefficient (Wildman–Crippen LogP) is 3.13. The predicted molar refractivity (Wildman–Crippen MR) is 123 cm³/mol. The Morgan fingerprint density at radius 3 is 1.64 bits per heavy atom. The summed E-state index contributed by atoms with van der Waals surface area (Å²) in [7, 11) is 0. The topological polar surface area (TPSA) is 95.1 Å². The van der Waals surface area contributed by atoms with Gasteiger partial charge in [0.05, 0.1) is 0 Å². The molecule has 0 bridgehead atoms. The molecular formula is C25H26N2O6. The molecule has 2 aliphatic heterocycles. The van der Waals surface area contributed by atoms with Gasteiger partial charge >= 0.3 is 0 Å². The van der Waals surface area contributed by atoms with E-state index >= 15 is 0 Å². The molecule has 0 aliphatic carbocycles. The number of amides is 2. The highest BCUT2D eigenvalue weighted by Crippen LogP contribution is 2.33. The Morgan fingerprint density at radius 1 is 0.758 bits per heavy atom. The average molecular weight is 450 g/mol. The number of carbonyl (C=O) groups excluding carboxylic acids is 2. The molecule has 2 aromatic rings. The number of nitrogens with one attached hydrogen (secondary N) is 2. The number of rotatable bonds is 8. The standard InChI is InChI=1S/C25H26N2O6/c1-25(2,13-26-23(28)9-5-17-3-7-19-21(11-17)32-15-30-19)14-27-24(29)10-6-18-4-8-20-22(12-18)33-16-31-20/h3-12H,13-16H2,1-2H3,(H,26,28)(H,27,29). The number of hydrogen-bond acceptors (Lipinski definition) is 6. The van der Waals surface area contributed by atoms with Gasteiger partial charge in [0.1, 0.15) is 0 Å². The lowest BCUT2D eigenvalue weighted by molar-refractivity contribution is -0.116. The van der Waals surface area contributed by atoms with E-state index in [2.05, 4.69) is 10.6 Å². The first-order valence-corrected chi connectivity index (χ1v) is 10.6. The fourth-order valence-electron chi connectivity index (χ4n) is 3.21. The summed E-state index contributed by atoms with van der Waals surface area (Å²) in [6.45, 7) is 5.17. The van der Waals surface area contributed by atoms with Crippen LogP contribution < -0.4 is 29.6 Å². The zero-order chi connectivity index (χ0) is 23.3. The number of ether oxygens (including phenoxy) is 4. The van der Waals surface area contributed by atoms with Gasteiger partial charge in [0, 0.05) is 25.2 Å². The van der Waals surface area contributed by atoms with Crippen LogP contribution in [0.25, 0.3) is 12.2 Å². The van der Waals surface area contributed by atoms with Crippen molar-refractivity contribution in [3.8, 4) is 23.0 Å². The van der Waals surface area contributed by atoms with Crippen LogP contribution in [-0.4, -0.2) is 38.5 Å². The third kappa shape index (κ3) is 6.06. The lowest BCUT2D eigenvalue weighted by Crippen LogP contribution is -2.41. The molecule has 0 radical (unpaired) electrons. The molecule has 2 N–H and O–H groups in total. The van der Waals surface area contributed by atoms with Crippen molar-refractivity contribution in [3.05, 3.63) is 59.7 Å². The second-order valence-electron chi connectivity index (χ2n) is 8.49. The number of hydrogen-bond donors (Lipinski definition) is 2. The van der Waals surface area contributed by atoms with Crippen molar-refractivity contribution < 1.29 is 28.5 Å². The van der Waals surface area contributed by atoms with Gasteiger partial charge in [0.15, 0.2) is 23.0 Å². The molecule has 0 aromatic heterocycles. The molecular weight excluding hydrogens is 424 g/mol. The van der Waals surface area contributed by atoms with Crippen LogP contribution in [0, 0.1) is 5.41 Å². The quantitative estimate of drug-likeness (QED) is 0.600. The highest BCUT2D eigenvalue weighted by Gasteiger charge is 2.19. The maximum atomic E-state index is 12.2. The highest BCUT2D eigenvalue weighted by atomic mass is 16.7. The van der Waals surface area contributed by atoms with Gasteiger partial charge in [-0.3, -0.25) is 9.59 Å². The Kier molecular flexibility index (Phi) is 6.53. The van der Waals surface area contributed by atoms with Crippen LogP contribution in [0.2, 0.25) is 0 Å². The molecule has 2 aliphatic rings. The third-order valence-corrected chi connectivity index (χ3v) is 5.13. The molecule has 172 valence electrons. The lowest BCUT2D eigenvalue weighted by atomic mass is 9.93. The van der Waals surface area contributed by atoms with Gasteiger partial charge in [-0.1, -0.05) is 26.0 Å². The van der Waals surface area contributed by atoms with E-state index in [1.807, 2.05) is 50.2 Å². The van der Waals surface area contributed by atoms with Crippen LogP contribution in [0.4, 0.5) is 0 Å². The molecule has 0 fully saturated rings. The second-order valence-corrected chi connectivity index (χ2v) is 8.49. The summed E-state index contributed by atoms with van der Waals surface area (Å²) in [5.74, 6) is 2.31. The molecule has 8 heteroatoms. The Hall–Kier alpha value is -3.94. The van der Waals surface area contributed by atoms with E-state index in [1.165, 1.54) is 12.2 Å². The van der Waals surface area contributed by atoms with Crippen molar-refractivity contribution in [1.29, 1.82) is 0 Å². The minimum Gasteiger partial charge on any atom is -0.454 e. The molecule has 0 atom stereocenters. The summed E-state index contributed by atoms with van der Waals surface area (Å²) in [5.41, 5.74) is 1.36. The Labute approximate surface area is 192 Å². The zero-order valence-electron chi connectivity index (χ0n) is 18.6. The minimum absolute atomic E-state index is 0.211. The summed E-state index contributed by atoms with van der Waals surface area (Å²) in [5, 5.41) is 5.75. The van der Waals surface area contributed by atoms with E-state index in [1.54, 1.807) is 12.2 Å². The Morgan fingerprint density at radius 2 is 1.18 bits per heavy atom. The summed E-state index contributed by atoms with van der Waals surface area (Å²) in [6.07, 6.45) is 6.38. The fourth-order valence-corrected chi connectivity index (χ4v) is 3.21. The van der Waals surface area contributed by atoms with Gasteiger partial charge in [-0.25, -0.2) is 0 Å². The van der Waals surface area contributed by atoms with Crippen molar-refractivity contribution in [2.24, 2.45) is 5.41 Å². The van der Waals surface area contributed by atoms with E-state index in [-0.39, 0.29) is 30.8 Å². The molecule has 0 saturated carbocycles. The maximum Gasteiger partial charge on any atom is 0.244 e. The van der Waals surface area contributed by atoms with Crippen LogP contribution >= 0.6 is 0 Å². The SMILES string of the molecule is CC(C)(CNC(=O)C=Cc1ccc2c(c1)OCO2)CNC(=O)C=Cc1ccc2c(c1)OCO2. The van der Waals surface area contributed by atoms with Crippen molar-refractivity contribution >= 4 is 24.0 Å². The van der Waals surface area contributed by atoms with Gasteiger partial charge in [0.25, 0.3) is 0 Å². The molecule has 2 aromatic carbocycles. The third-order valence-electron chi connectivity index (χ3n) is 5.13. The monoisotopic (exact) mass is 450 g/mol. The summed E-state index contributed by atoms with van der Waals surface area (Å²) >= 11 is 0. The van der Waals surface area contributed by atoms with Crippen LogP contribution in [0.5, 0.6) is 23.0 Å². The summed E-state index contributed by atoms with van der Waals surface area (Å²) < 4.78 is 21.2. The van der Waals surface area contributed by atoms with Gasteiger partial charge < -0.3 is 29.6 Å². The largest absolute Gasteiger partial charge is 0.454 e. The van der Waals surface area contributed by atoms with Crippen molar-refractivity contribution in [3.63, 3.8) is 0 Å². The number of benzene rings is 2. The van der Waals surface area contributed by atoms with Crippen LogP contribution in [-0.2, 0) is 9.59 Å². The van der Waals surface area contributed by atoms with Crippen molar-refractivity contribution in [2.45, 2.75) is 13.8 Å². The van der Waals surface area contributed by atoms with Crippen LogP contribution in [0.3, 0.4) is 0 Å². The van der Waals surface area contributed by atoms with Gasteiger partial charge in [-0.05, 0) is 53.0 Å². The van der Waals surface area contributed by atoms with Crippen LogP contribution in [0.15, 0.2) is 48.6 Å². The Bertz CT molecular complexity index is 1020. The highest BCUT2D eigenvalue weighted by molar-refractivity contribution is 5.92. The zero-order valence-corrected chi connectivity index (χ0v) is 18.6.